The molecule has 0 spiro atoms. The van der Waals surface area contributed by atoms with Crippen LogP contribution in [0.4, 0.5) is 13.2 Å². The Labute approximate surface area is 190 Å². The van der Waals surface area contributed by atoms with Gasteiger partial charge in [-0.3, -0.25) is 23.9 Å². The Balaban J connectivity index is 1.98. The third-order valence-electron chi connectivity index (χ3n) is 4.57. The lowest BCUT2D eigenvalue weighted by molar-refractivity contribution is -0.173. The minimum absolute atomic E-state index is 0.0644. The van der Waals surface area contributed by atoms with Crippen LogP contribution in [0.5, 0.6) is 0 Å². The molecule has 12 nitrogen and oxygen atoms in total. The Morgan fingerprint density at radius 2 is 2.00 bits per heavy atom. The molecule has 1 aliphatic heterocycles. The molecular formula is C19H25F3N4O8. The van der Waals surface area contributed by atoms with Crippen molar-refractivity contribution in [2.75, 3.05) is 32.9 Å². The van der Waals surface area contributed by atoms with Crippen LogP contribution in [0.15, 0.2) is 34.0 Å². The number of allylic oxidation sites excluding steroid dienone is 1. The van der Waals surface area contributed by atoms with Crippen molar-refractivity contribution in [2.45, 2.75) is 37.6 Å². The van der Waals surface area contributed by atoms with Crippen LogP contribution >= 0.6 is 0 Å². The predicted octanol–water partition coefficient (Wildman–Crippen LogP) is -1.43. The Bertz CT molecular complexity index is 977. The molecule has 0 saturated carbocycles. The highest BCUT2D eigenvalue weighted by atomic mass is 19.4. The van der Waals surface area contributed by atoms with Crippen molar-refractivity contribution in [3.8, 4) is 0 Å². The number of aromatic nitrogens is 2. The SMILES string of the molecule is C/C=C/COC[C@H]1O[C@@H](n2ccc(=O)[nH]c2=O)C(OCC(=O)NCCNC(=O)C(F)(F)F)C1O. The summed E-state index contributed by atoms with van der Waals surface area (Å²) in [7, 11) is 0. The number of aliphatic hydroxyl groups is 1. The molecule has 0 aliphatic carbocycles. The van der Waals surface area contributed by atoms with Crippen molar-refractivity contribution in [3.05, 3.63) is 45.3 Å². The number of nitrogens with one attached hydrogen (secondary N) is 3. The number of hydrogen-bond donors (Lipinski definition) is 4. The van der Waals surface area contributed by atoms with E-state index in [1.165, 1.54) is 0 Å². The average Bonchev–Trinajstić information content (AvgIpc) is 3.07. The minimum Gasteiger partial charge on any atom is -0.387 e. The molecule has 15 heteroatoms. The molecule has 1 saturated heterocycles. The molecule has 0 aromatic carbocycles. The zero-order valence-corrected chi connectivity index (χ0v) is 18.0. The summed E-state index contributed by atoms with van der Waals surface area (Å²) in [5, 5.41) is 14.5. The first-order valence-corrected chi connectivity index (χ1v) is 10.1. The quantitative estimate of drug-likeness (QED) is 0.215. The lowest BCUT2D eigenvalue weighted by atomic mass is 10.1. The fourth-order valence-corrected chi connectivity index (χ4v) is 2.94. The first-order valence-electron chi connectivity index (χ1n) is 10.1. The molecule has 0 bridgehead atoms. The van der Waals surface area contributed by atoms with Gasteiger partial charge in [0.2, 0.25) is 5.91 Å². The van der Waals surface area contributed by atoms with Crippen molar-refractivity contribution in [3.63, 3.8) is 0 Å². The summed E-state index contributed by atoms with van der Waals surface area (Å²) in [6.45, 7) is 0.551. The predicted molar refractivity (Wildman–Crippen MR) is 109 cm³/mol. The van der Waals surface area contributed by atoms with Gasteiger partial charge in [0.25, 0.3) is 5.56 Å². The zero-order valence-electron chi connectivity index (χ0n) is 18.0. The van der Waals surface area contributed by atoms with E-state index in [0.29, 0.717) is 0 Å². The normalized spacial score (nSPS) is 22.7. The van der Waals surface area contributed by atoms with Gasteiger partial charge in [-0.25, -0.2) is 4.79 Å². The number of alkyl halides is 3. The molecule has 34 heavy (non-hydrogen) atoms. The van der Waals surface area contributed by atoms with Gasteiger partial charge in [-0.1, -0.05) is 12.2 Å². The molecule has 1 aromatic heterocycles. The van der Waals surface area contributed by atoms with Crippen LogP contribution in [0.1, 0.15) is 13.2 Å². The molecule has 4 N–H and O–H groups in total. The number of carbonyl (C=O) groups excluding carboxylic acids is 2. The Morgan fingerprint density at radius 3 is 2.65 bits per heavy atom. The summed E-state index contributed by atoms with van der Waals surface area (Å²) in [6.07, 6.45) is -5.11. The number of hydrogen-bond acceptors (Lipinski definition) is 8. The van der Waals surface area contributed by atoms with Crippen LogP contribution in [0.3, 0.4) is 0 Å². The zero-order chi connectivity index (χ0) is 25.3. The first kappa shape index (κ1) is 27.2. The third-order valence-corrected chi connectivity index (χ3v) is 4.57. The topological polar surface area (TPSA) is 161 Å². The number of aliphatic hydroxyl groups excluding tert-OH is 1. The van der Waals surface area contributed by atoms with Gasteiger partial charge in [0, 0.05) is 25.4 Å². The van der Waals surface area contributed by atoms with Gasteiger partial charge < -0.3 is 30.0 Å². The van der Waals surface area contributed by atoms with Crippen LogP contribution < -0.4 is 21.9 Å². The number of rotatable bonds is 11. The Hall–Kier alpha value is -3.01. The smallest absolute Gasteiger partial charge is 0.387 e. The number of carbonyl (C=O) groups is 2. The van der Waals surface area contributed by atoms with Gasteiger partial charge >= 0.3 is 17.8 Å². The van der Waals surface area contributed by atoms with Crippen LogP contribution in [0.25, 0.3) is 0 Å². The van der Waals surface area contributed by atoms with Gasteiger partial charge in [-0.15, -0.1) is 0 Å². The molecule has 1 fully saturated rings. The highest BCUT2D eigenvalue weighted by Crippen LogP contribution is 2.31. The number of amides is 2. The van der Waals surface area contributed by atoms with Crippen molar-refractivity contribution in [2.24, 2.45) is 0 Å². The lowest BCUT2D eigenvalue weighted by Crippen LogP contribution is -2.43. The van der Waals surface area contributed by atoms with Crippen molar-refractivity contribution in [1.29, 1.82) is 0 Å². The Morgan fingerprint density at radius 1 is 1.29 bits per heavy atom. The standard InChI is InChI=1S/C19H25F3N4O8/c1-2-3-8-32-9-11-14(29)15(16(34-11)26-7-4-12(27)25-18(26)31)33-10-13(28)23-5-6-24-17(30)19(20,21)22/h2-4,7,11,14-16,29H,5-6,8-10H2,1H3,(H,23,28)(H,24,30)(H,25,27,31)/b3-2+/t11-,14?,15?,16-/m1/s1. The molecule has 2 amide bonds. The van der Waals surface area contributed by atoms with Crippen LogP contribution in [0.2, 0.25) is 0 Å². The van der Waals surface area contributed by atoms with Gasteiger partial charge in [0.15, 0.2) is 6.23 Å². The maximum atomic E-state index is 12.2. The maximum absolute atomic E-state index is 12.2. The summed E-state index contributed by atoms with van der Waals surface area (Å²) < 4.78 is 53.9. The highest BCUT2D eigenvalue weighted by Gasteiger charge is 2.46. The Kier molecular flexibility index (Phi) is 9.97. The third kappa shape index (κ3) is 7.79. The number of ether oxygens (including phenoxy) is 3. The fourth-order valence-electron chi connectivity index (χ4n) is 2.94. The molecule has 1 aromatic rings. The number of H-pyrrole nitrogens is 1. The van der Waals surface area contributed by atoms with Crippen LogP contribution in [-0.4, -0.2) is 83.9 Å². The largest absolute Gasteiger partial charge is 0.471 e. The number of nitrogens with zero attached hydrogens (tertiary/aromatic N) is 1. The van der Waals surface area contributed by atoms with Crippen LogP contribution in [-0.2, 0) is 23.8 Å². The average molecular weight is 494 g/mol. The van der Waals surface area contributed by atoms with E-state index in [-0.39, 0.29) is 19.8 Å². The van der Waals surface area contributed by atoms with E-state index < -0.39 is 66.9 Å². The van der Waals surface area contributed by atoms with Gasteiger partial charge in [0.1, 0.15) is 24.9 Å². The van der Waals surface area contributed by atoms with E-state index in [9.17, 15) is 37.5 Å². The number of halogens is 3. The van der Waals surface area contributed by atoms with E-state index in [0.717, 1.165) is 16.8 Å². The first-order chi connectivity index (χ1) is 16.0. The summed E-state index contributed by atoms with van der Waals surface area (Å²) >= 11 is 0. The molecule has 1 aliphatic rings. The van der Waals surface area contributed by atoms with E-state index in [1.807, 2.05) is 4.98 Å². The summed E-state index contributed by atoms with van der Waals surface area (Å²) in [5.74, 6) is -2.89. The van der Waals surface area contributed by atoms with E-state index in [2.05, 4.69) is 5.32 Å². The summed E-state index contributed by atoms with van der Waals surface area (Å²) in [5.41, 5.74) is -1.49. The molecular weight excluding hydrogens is 469 g/mol. The number of aromatic amines is 1. The fraction of sp³-hybridized carbons (Fsp3) is 0.579. The van der Waals surface area contributed by atoms with Crippen molar-refractivity contribution >= 4 is 11.8 Å². The summed E-state index contributed by atoms with van der Waals surface area (Å²) in [6, 6.07) is 1.06. The maximum Gasteiger partial charge on any atom is 0.471 e. The van der Waals surface area contributed by atoms with Gasteiger partial charge in [-0.05, 0) is 6.92 Å². The highest BCUT2D eigenvalue weighted by molar-refractivity contribution is 5.81. The molecule has 2 rings (SSSR count). The minimum atomic E-state index is -5.03. The second kappa shape index (κ2) is 12.5. The molecule has 190 valence electrons. The van der Waals surface area contributed by atoms with Gasteiger partial charge in [0.05, 0.1) is 13.2 Å². The monoisotopic (exact) mass is 494 g/mol. The van der Waals surface area contributed by atoms with E-state index >= 15 is 0 Å². The molecule has 2 unspecified atom stereocenters. The molecule has 4 atom stereocenters. The lowest BCUT2D eigenvalue weighted by Gasteiger charge is -2.22. The van der Waals surface area contributed by atoms with E-state index in [1.54, 1.807) is 24.4 Å². The van der Waals surface area contributed by atoms with Crippen molar-refractivity contribution in [1.82, 2.24) is 20.2 Å². The van der Waals surface area contributed by atoms with Gasteiger partial charge in [-0.2, -0.15) is 13.2 Å². The van der Waals surface area contributed by atoms with Crippen molar-refractivity contribution < 1.29 is 42.1 Å². The second-order valence-electron chi connectivity index (χ2n) is 7.06. The van der Waals surface area contributed by atoms with Crippen LogP contribution in [0, 0.1) is 0 Å². The molecule has 0 radical (unpaired) electrons. The summed E-state index contributed by atoms with van der Waals surface area (Å²) in [4.78, 5) is 48.3. The molecule has 2 heterocycles. The van der Waals surface area contributed by atoms with E-state index in [4.69, 9.17) is 14.2 Å². The second-order valence-corrected chi connectivity index (χ2v) is 7.06.